The highest BCUT2D eigenvalue weighted by atomic mass is 16.5. The van der Waals surface area contributed by atoms with Crippen LogP contribution in [-0.2, 0) is 9.53 Å². The van der Waals surface area contributed by atoms with Crippen molar-refractivity contribution in [3.63, 3.8) is 0 Å². The van der Waals surface area contributed by atoms with Gasteiger partial charge in [0.2, 0.25) is 0 Å². The molecule has 0 radical (unpaired) electrons. The Morgan fingerprint density at radius 3 is 2.50 bits per heavy atom. The summed E-state index contributed by atoms with van der Waals surface area (Å²) in [5.74, 6) is -0.159. The highest BCUT2D eigenvalue weighted by molar-refractivity contribution is 5.76. The van der Waals surface area contributed by atoms with Crippen molar-refractivity contribution < 1.29 is 9.53 Å². The van der Waals surface area contributed by atoms with Crippen LogP contribution in [0.15, 0.2) is 0 Å². The molecule has 0 amide bonds. The molecule has 0 aliphatic rings. The Morgan fingerprint density at radius 2 is 2.07 bits per heavy atom. The lowest BCUT2D eigenvalue weighted by atomic mass is 9.93. The van der Waals surface area contributed by atoms with Crippen LogP contribution in [0.25, 0.3) is 0 Å². The third-order valence-corrected chi connectivity index (χ3v) is 2.35. The van der Waals surface area contributed by atoms with Gasteiger partial charge in [0.05, 0.1) is 12.5 Å². The van der Waals surface area contributed by atoms with Crippen molar-refractivity contribution in [3.05, 3.63) is 0 Å². The van der Waals surface area contributed by atoms with Crippen LogP contribution >= 0.6 is 0 Å². The van der Waals surface area contributed by atoms with E-state index in [9.17, 15) is 4.79 Å². The molecule has 1 unspecified atom stereocenters. The standard InChI is InChI=1S/C11H23NO2/c1-6-7-9(2)12-8-11(3,4)10(13)14-5/h9,12H,6-8H2,1-5H3. The molecule has 0 aromatic rings. The van der Waals surface area contributed by atoms with E-state index in [2.05, 4.69) is 19.2 Å². The van der Waals surface area contributed by atoms with Crippen molar-refractivity contribution >= 4 is 5.97 Å². The summed E-state index contributed by atoms with van der Waals surface area (Å²) < 4.78 is 4.73. The van der Waals surface area contributed by atoms with Crippen molar-refractivity contribution in [1.82, 2.24) is 5.32 Å². The molecular formula is C11H23NO2. The number of hydrogen-bond acceptors (Lipinski definition) is 3. The van der Waals surface area contributed by atoms with E-state index in [0.717, 1.165) is 12.8 Å². The van der Waals surface area contributed by atoms with Gasteiger partial charge < -0.3 is 10.1 Å². The lowest BCUT2D eigenvalue weighted by Crippen LogP contribution is -2.40. The van der Waals surface area contributed by atoms with Gasteiger partial charge in [0.1, 0.15) is 0 Å². The molecule has 0 aliphatic carbocycles. The summed E-state index contributed by atoms with van der Waals surface area (Å²) in [7, 11) is 1.43. The summed E-state index contributed by atoms with van der Waals surface area (Å²) >= 11 is 0. The molecule has 3 heteroatoms. The van der Waals surface area contributed by atoms with Gasteiger partial charge in [0, 0.05) is 12.6 Å². The van der Waals surface area contributed by atoms with E-state index in [1.165, 1.54) is 7.11 Å². The van der Waals surface area contributed by atoms with E-state index in [1.54, 1.807) is 0 Å². The fourth-order valence-corrected chi connectivity index (χ4v) is 1.31. The molecular weight excluding hydrogens is 178 g/mol. The second kappa shape index (κ2) is 6.02. The minimum Gasteiger partial charge on any atom is -0.469 e. The molecule has 0 saturated carbocycles. The molecule has 0 fully saturated rings. The van der Waals surface area contributed by atoms with Gasteiger partial charge in [-0.15, -0.1) is 0 Å². The molecule has 0 rings (SSSR count). The number of esters is 1. The zero-order valence-electron chi connectivity index (χ0n) is 10.0. The Labute approximate surface area is 87.2 Å². The maximum atomic E-state index is 11.3. The van der Waals surface area contributed by atoms with Crippen molar-refractivity contribution in [2.75, 3.05) is 13.7 Å². The lowest BCUT2D eigenvalue weighted by Gasteiger charge is -2.24. The highest BCUT2D eigenvalue weighted by Crippen LogP contribution is 2.15. The third kappa shape index (κ3) is 4.61. The number of nitrogens with one attached hydrogen (secondary N) is 1. The SMILES string of the molecule is CCCC(C)NCC(C)(C)C(=O)OC. The largest absolute Gasteiger partial charge is 0.469 e. The van der Waals surface area contributed by atoms with Crippen LogP contribution in [0.5, 0.6) is 0 Å². The zero-order valence-corrected chi connectivity index (χ0v) is 10.0. The molecule has 0 aliphatic heterocycles. The molecule has 1 N–H and O–H groups in total. The first-order valence-electron chi connectivity index (χ1n) is 5.25. The first-order valence-corrected chi connectivity index (χ1v) is 5.25. The predicted octanol–water partition coefficient (Wildman–Crippen LogP) is 1.96. The quantitative estimate of drug-likeness (QED) is 0.668. The number of carbonyl (C=O) groups is 1. The molecule has 1 atom stereocenters. The molecule has 84 valence electrons. The normalized spacial score (nSPS) is 13.8. The molecule has 0 saturated heterocycles. The Bertz CT molecular complexity index is 178. The molecule has 14 heavy (non-hydrogen) atoms. The van der Waals surface area contributed by atoms with E-state index in [0.29, 0.717) is 12.6 Å². The Balaban J connectivity index is 3.92. The second-order valence-electron chi connectivity index (χ2n) is 4.45. The molecule has 0 bridgehead atoms. The van der Waals surface area contributed by atoms with Crippen LogP contribution in [-0.4, -0.2) is 25.7 Å². The van der Waals surface area contributed by atoms with E-state index < -0.39 is 5.41 Å². The van der Waals surface area contributed by atoms with Crippen LogP contribution < -0.4 is 5.32 Å². The van der Waals surface area contributed by atoms with Crippen LogP contribution in [0, 0.1) is 5.41 Å². The predicted molar refractivity (Wildman–Crippen MR) is 58.2 cm³/mol. The van der Waals surface area contributed by atoms with Gasteiger partial charge in [-0.05, 0) is 27.2 Å². The fourth-order valence-electron chi connectivity index (χ4n) is 1.31. The summed E-state index contributed by atoms with van der Waals surface area (Å²) in [5.41, 5.74) is -0.434. The minimum absolute atomic E-state index is 0.159. The molecule has 0 aromatic heterocycles. The summed E-state index contributed by atoms with van der Waals surface area (Å²) in [6, 6.07) is 0.462. The van der Waals surface area contributed by atoms with Gasteiger partial charge in [0.15, 0.2) is 0 Å². The van der Waals surface area contributed by atoms with Crippen LogP contribution in [0.2, 0.25) is 0 Å². The summed E-state index contributed by atoms with van der Waals surface area (Å²) in [4.78, 5) is 11.3. The summed E-state index contributed by atoms with van der Waals surface area (Å²) in [6.07, 6.45) is 2.30. The van der Waals surface area contributed by atoms with E-state index in [4.69, 9.17) is 4.74 Å². The first kappa shape index (κ1) is 13.4. The van der Waals surface area contributed by atoms with Gasteiger partial charge in [-0.25, -0.2) is 0 Å². The fraction of sp³-hybridized carbons (Fsp3) is 0.909. The average molecular weight is 201 g/mol. The third-order valence-electron chi connectivity index (χ3n) is 2.35. The number of methoxy groups -OCH3 is 1. The van der Waals surface area contributed by atoms with Gasteiger partial charge in [-0.2, -0.15) is 0 Å². The van der Waals surface area contributed by atoms with Crippen molar-refractivity contribution in [2.24, 2.45) is 5.41 Å². The Morgan fingerprint density at radius 1 is 1.50 bits per heavy atom. The number of carbonyl (C=O) groups excluding carboxylic acids is 1. The highest BCUT2D eigenvalue weighted by Gasteiger charge is 2.28. The van der Waals surface area contributed by atoms with E-state index in [-0.39, 0.29) is 5.97 Å². The molecule has 0 spiro atoms. The minimum atomic E-state index is -0.434. The molecule has 3 nitrogen and oxygen atoms in total. The Kier molecular flexibility index (Phi) is 5.77. The molecule has 0 aromatic carbocycles. The van der Waals surface area contributed by atoms with Crippen molar-refractivity contribution in [1.29, 1.82) is 0 Å². The topological polar surface area (TPSA) is 38.3 Å². The average Bonchev–Trinajstić information content (AvgIpc) is 2.14. The van der Waals surface area contributed by atoms with E-state index in [1.807, 2.05) is 13.8 Å². The number of ether oxygens (including phenoxy) is 1. The van der Waals surface area contributed by atoms with Crippen LogP contribution in [0.3, 0.4) is 0 Å². The van der Waals surface area contributed by atoms with Crippen molar-refractivity contribution in [3.8, 4) is 0 Å². The summed E-state index contributed by atoms with van der Waals surface area (Å²) in [5, 5.41) is 3.34. The maximum absolute atomic E-state index is 11.3. The number of rotatable bonds is 6. The zero-order chi connectivity index (χ0) is 11.2. The smallest absolute Gasteiger partial charge is 0.312 e. The lowest BCUT2D eigenvalue weighted by molar-refractivity contribution is -0.150. The van der Waals surface area contributed by atoms with Gasteiger partial charge in [-0.3, -0.25) is 4.79 Å². The summed E-state index contributed by atoms with van der Waals surface area (Å²) in [6.45, 7) is 8.75. The number of hydrogen-bond donors (Lipinski definition) is 1. The maximum Gasteiger partial charge on any atom is 0.312 e. The van der Waals surface area contributed by atoms with Crippen molar-refractivity contribution in [2.45, 2.75) is 46.6 Å². The Hall–Kier alpha value is -0.570. The monoisotopic (exact) mass is 201 g/mol. The van der Waals surface area contributed by atoms with Gasteiger partial charge in [0.25, 0.3) is 0 Å². The van der Waals surface area contributed by atoms with Crippen LogP contribution in [0.1, 0.15) is 40.5 Å². The molecule has 0 heterocycles. The van der Waals surface area contributed by atoms with E-state index >= 15 is 0 Å². The van der Waals surface area contributed by atoms with Gasteiger partial charge >= 0.3 is 5.97 Å². The first-order chi connectivity index (χ1) is 6.44. The van der Waals surface area contributed by atoms with Gasteiger partial charge in [-0.1, -0.05) is 13.3 Å². The second-order valence-corrected chi connectivity index (χ2v) is 4.45. The van der Waals surface area contributed by atoms with Crippen LogP contribution in [0.4, 0.5) is 0 Å².